The number of hydrogen-bond acceptors (Lipinski definition) is 2. The molecule has 0 aromatic heterocycles. The molecule has 2 N–H and O–H groups in total. The Morgan fingerprint density at radius 1 is 1.23 bits per heavy atom. The molecular weight excluding hydrogens is 160 g/mol. The third-order valence-corrected chi connectivity index (χ3v) is 4.28. The second-order valence-corrected chi connectivity index (χ2v) is 4.83. The summed E-state index contributed by atoms with van der Waals surface area (Å²) >= 11 is 0. The van der Waals surface area contributed by atoms with Crippen LogP contribution in [-0.4, -0.2) is 30.1 Å². The average molecular weight is 182 g/mol. The Labute approximate surface area is 81.5 Å². The molecule has 0 saturated heterocycles. The van der Waals surface area contributed by atoms with E-state index in [0.717, 1.165) is 12.6 Å². The van der Waals surface area contributed by atoms with Gasteiger partial charge in [0.1, 0.15) is 0 Å². The summed E-state index contributed by atoms with van der Waals surface area (Å²) in [6.45, 7) is 0.861. The Morgan fingerprint density at radius 2 is 1.85 bits per heavy atom. The van der Waals surface area contributed by atoms with Gasteiger partial charge in [0.15, 0.2) is 0 Å². The van der Waals surface area contributed by atoms with E-state index < -0.39 is 0 Å². The first kappa shape index (κ1) is 9.47. The number of hydrogen-bond donors (Lipinski definition) is 1. The molecule has 0 heterocycles. The lowest BCUT2D eigenvalue weighted by molar-refractivity contribution is 0.0421. The molecule has 2 nitrogen and oxygen atoms in total. The summed E-state index contributed by atoms with van der Waals surface area (Å²) in [5, 5.41) is 0. The van der Waals surface area contributed by atoms with Crippen molar-refractivity contribution < 1.29 is 0 Å². The first-order chi connectivity index (χ1) is 6.28. The molecule has 0 aromatic carbocycles. The summed E-state index contributed by atoms with van der Waals surface area (Å²) in [6.07, 6.45) is 9.65. The van der Waals surface area contributed by atoms with Gasteiger partial charge in [-0.1, -0.05) is 19.3 Å². The van der Waals surface area contributed by atoms with E-state index in [1.54, 1.807) is 0 Å². The van der Waals surface area contributed by atoms with Gasteiger partial charge < -0.3 is 5.73 Å². The van der Waals surface area contributed by atoms with Crippen molar-refractivity contribution in [1.82, 2.24) is 4.90 Å². The fraction of sp³-hybridized carbons (Fsp3) is 1.00. The van der Waals surface area contributed by atoms with Crippen molar-refractivity contribution in [2.75, 3.05) is 13.6 Å². The second kappa shape index (κ2) is 3.58. The number of nitrogens with zero attached hydrogens (tertiary/aromatic N) is 1. The summed E-state index contributed by atoms with van der Waals surface area (Å²) in [5.41, 5.74) is 6.32. The second-order valence-electron chi connectivity index (χ2n) is 4.83. The standard InChI is InChI=1S/C11H22N2/c1-13(10-5-4-6-10)11(9-12)7-2-3-8-11/h10H,2-9,12H2,1H3. The highest BCUT2D eigenvalue weighted by molar-refractivity contribution is 4.98. The van der Waals surface area contributed by atoms with Gasteiger partial charge in [-0.05, 0) is 32.7 Å². The van der Waals surface area contributed by atoms with Crippen LogP contribution in [0.25, 0.3) is 0 Å². The quantitative estimate of drug-likeness (QED) is 0.720. The molecule has 2 aliphatic carbocycles. The molecule has 0 bridgehead atoms. The van der Waals surface area contributed by atoms with Crippen molar-refractivity contribution in [1.29, 1.82) is 0 Å². The first-order valence-electron chi connectivity index (χ1n) is 5.71. The van der Waals surface area contributed by atoms with Gasteiger partial charge in [-0.25, -0.2) is 0 Å². The Hall–Kier alpha value is -0.0800. The first-order valence-corrected chi connectivity index (χ1v) is 5.71. The highest BCUT2D eigenvalue weighted by Gasteiger charge is 2.40. The maximum absolute atomic E-state index is 5.94. The molecule has 2 rings (SSSR count). The number of nitrogens with two attached hydrogens (primary N) is 1. The fourth-order valence-corrected chi connectivity index (χ4v) is 2.90. The van der Waals surface area contributed by atoms with Gasteiger partial charge in [-0.3, -0.25) is 4.90 Å². The molecule has 2 heteroatoms. The van der Waals surface area contributed by atoms with E-state index in [0.29, 0.717) is 5.54 Å². The minimum Gasteiger partial charge on any atom is -0.329 e. The molecule has 2 aliphatic rings. The van der Waals surface area contributed by atoms with Crippen molar-refractivity contribution >= 4 is 0 Å². The zero-order valence-electron chi connectivity index (χ0n) is 8.76. The van der Waals surface area contributed by atoms with Crippen molar-refractivity contribution in [2.45, 2.75) is 56.5 Å². The van der Waals surface area contributed by atoms with E-state index in [9.17, 15) is 0 Å². The van der Waals surface area contributed by atoms with Gasteiger partial charge in [0.25, 0.3) is 0 Å². The number of likely N-dealkylation sites (N-methyl/N-ethyl adjacent to an activating group) is 1. The smallest absolute Gasteiger partial charge is 0.0331 e. The van der Waals surface area contributed by atoms with Gasteiger partial charge in [0, 0.05) is 18.1 Å². The average Bonchev–Trinajstić information content (AvgIpc) is 2.49. The Kier molecular flexibility index (Phi) is 2.61. The lowest BCUT2D eigenvalue weighted by Crippen LogP contribution is -2.56. The van der Waals surface area contributed by atoms with Gasteiger partial charge in [0.05, 0.1) is 0 Å². The lowest BCUT2D eigenvalue weighted by atomic mass is 9.85. The van der Waals surface area contributed by atoms with Crippen molar-refractivity contribution in [2.24, 2.45) is 5.73 Å². The molecule has 76 valence electrons. The largest absolute Gasteiger partial charge is 0.329 e. The van der Waals surface area contributed by atoms with E-state index in [2.05, 4.69) is 11.9 Å². The maximum Gasteiger partial charge on any atom is 0.0331 e. The van der Waals surface area contributed by atoms with E-state index in [1.165, 1.54) is 44.9 Å². The monoisotopic (exact) mass is 182 g/mol. The summed E-state index contributed by atoms with van der Waals surface area (Å²) in [4.78, 5) is 2.60. The molecular formula is C11H22N2. The molecule has 0 radical (unpaired) electrons. The molecule has 0 unspecified atom stereocenters. The van der Waals surface area contributed by atoms with Crippen molar-refractivity contribution in [3.63, 3.8) is 0 Å². The predicted octanol–water partition coefficient (Wildman–Crippen LogP) is 1.74. The Morgan fingerprint density at radius 3 is 2.23 bits per heavy atom. The van der Waals surface area contributed by atoms with Crippen LogP contribution in [0.3, 0.4) is 0 Å². The highest BCUT2D eigenvalue weighted by Crippen LogP contribution is 2.38. The summed E-state index contributed by atoms with van der Waals surface area (Å²) in [5.74, 6) is 0. The third-order valence-electron chi connectivity index (χ3n) is 4.28. The van der Waals surface area contributed by atoms with Crippen LogP contribution < -0.4 is 5.73 Å². The predicted molar refractivity (Wildman–Crippen MR) is 55.7 cm³/mol. The van der Waals surface area contributed by atoms with Crippen LogP contribution in [0.2, 0.25) is 0 Å². The molecule has 0 aromatic rings. The van der Waals surface area contributed by atoms with Crippen LogP contribution in [0.1, 0.15) is 44.9 Å². The summed E-state index contributed by atoms with van der Waals surface area (Å²) in [6, 6.07) is 0.849. The van der Waals surface area contributed by atoms with Crippen LogP contribution in [0.15, 0.2) is 0 Å². The topological polar surface area (TPSA) is 29.3 Å². The van der Waals surface area contributed by atoms with Crippen LogP contribution >= 0.6 is 0 Å². The van der Waals surface area contributed by atoms with E-state index in [1.807, 2.05) is 0 Å². The Balaban J connectivity index is 2.01. The van der Waals surface area contributed by atoms with E-state index in [-0.39, 0.29) is 0 Å². The minimum atomic E-state index is 0.380. The molecule has 13 heavy (non-hydrogen) atoms. The molecule has 0 amide bonds. The van der Waals surface area contributed by atoms with E-state index >= 15 is 0 Å². The van der Waals surface area contributed by atoms with Gasteiger partial charge in [0.2, 0.25) is 0 Å². The molecule has 2 fully saturated rings. The fourth-order valence-electron chi connectivity index (χ4n) is 2.90. The Bertz CT molecular complexity index is 169. The van der Waals surface area contributed by atoms with Crippen LogP contribution in [0.5, 0.6) is 0 Å². The summed E-state index contributed by atoms with van der Waals surface area (Å²) < 4.78 is 0. The lowest BCUT2D eigenvalue weighted by Gasteiger charge is -2.46. The third kappa shape index (κ3) is 1.50. The van der Waals surface area contributed by atoms with Gasteiger partial charge in [-0.15, -0.1) is 0 Å². The molecule has 2 saturated carbocycles. The normalized spacial score (nSPS) is 27.9. The van der Waals surface area contributed by atoms with Gasteiger partial charge in [-0.2, -0.15) is 0 Å². The van der Waals surface area contributed by atoms with Crippen LogP contribution in [0.4, 0.5) is 0 Å². The van der Waals surface area contributed by atoms with Crippen molar-refractivity contribution in [3.8, 4) is 0 Å². The van der Waals surface area contributed by atoms with Crippen molar-refractivity contribution in [3.05, 3.63) is 0 Å². The highest BCUT2D eigenvalue weighted by atomic mass is 15.2. The molecule has 0 spiro atoms. The molecule has 0 aliphatic heterocycles. The zero-order valence-corrected chi connectivity index (χ0v) is 8.76. The summed E-state index contributed by atoms with van der Waals surface area (Å²) in [7, 11) is 2.29. The molecule has 0 atom stereocenters. The maximum atomic E-state index is 5.94. The van der Waals surface area contributed by atoms with Crippen LogP contribution in [0, 0.1) is 0 Å². The SMILES string of the molecule is CN(C1CCC1)C1(CN)CCCC1. The minimum absolute atomic E-state index is 0.380. The van der Waals surface area contributed by atoms with Crippen LogP contribution in [-0.2, 0) is 0 Å². The zero-order chi connectivity index (χ0) is 9.31. The van der Waals surface area contributed by atoms with E-state index in [4.69, 9.17) is 5.73 Å². The number of rotatable bonds is 3. The van der Waals surface area contributed by atoms with Gasteiger partial charge >= 0.3 is 0 Å².